The van der Waals surface area contributed by atoms with Crippen LogP contribution in [0.5, 0.6) is 0 Å². The van der Waals surface area contributed by atoms with Crippen molar-refractivity contribution < 1.29 is 0 Å². The minimum atomic E-state index is 0.609. The SMILES string of the molecule is CC1C(n2cccc2)CCN1Cc1ccccc1. The van der Waals surface area contributed by atoms with Crippen molar-refractivity contribution in [2.45, 2.75) is 32.0 Å². The van der Waals surface area contributed by atoms with Gasteiger partial charge in [-0.3, -0.25) is 4.90 Å². The highest BCUT2D eigenvalue weighted by Gasteiger charge is 2.31. The quantitative estimate of drug-likeness (QED) is 0.799. The standard InChI is InChI=1S/C16H20N2/c1-14-16(17-10-5-6-11-17)9-12-18(14)13-15-7-3-2-4-8-15/h2-8,10-11,14,16H,9,12-13H2,1H3. The van der Waals surface area contributed by atoms with Crippen LogP contribution in [-0.2, 0) is 6.54 Å². The predicted molar refractivity (Wildman–Crippen MR) is 74.4 cm³/mol. The third-order valence-corrected chi connectivity index (χ3v) is 4.08. The van der Waals surface area contributed by atoms with E-state index in [1.807, 2.05) is 0 Å². The number of hydrogen-bond acceptors (Lipinski definition) is 1. The van der Waals surface area contributed by atoms with E-state index in [0.29, 0.717) is 12.1 Å². The molecular weight excluding hydrogens is 220 g/mol. The lowest BCUT2D eigenvalue weighted by atomic mass is 10.1. The Morgan fingerprint density at radius 2 is 1.78 bits per heavy atom. The lowest BCUT2D eigenvalue weighted by Crippen LogP contribution is -2.30. The van der Waals surface area contributed by atoms with E-state index in [1.54, 1.807) is 0 Å². The summed E-state index contributed by atoms with van der Waals surface area (Å²) in [7, 11) is 0. The summed E-state index contributed by atoms with van der Waals surface area (Å²) in [5, 5.41) is 0. The van der Waals surface area contributed by atoms with Gasteiger partial charge in [-0.15, -0.1) is 0 Å². The molecule has 0 radical (unpaired) electrons. The first-order valence-corrected chi connectivity index (χ1v) is 6.75. The molecule has 2 aromatic rings. The number of benzene rings is 1. The molecule has 94 valence electrons. The molecule has 1 aliphatic rings. The van der Waals surface area contributed by atoms with E-state index in [4.69, 9.17) is 0 Å². The first-order chi connectivity index (χ1) is 8.84. The van der Waals surface area contributed by atoms with Crippen LogP contribution in [-0.4, -0.2) is 22.1 Å². The second-order valence-corrected chi connectivity index (χ2v) is 5.18. The second kappa shape index (κ2) is 4.99. The van der Waals surface area contributed by atoms with Crippen LogP contribution in [0.3, 0.4) is 0 Å². The Bertz CT molecular complexity index is 475. The van der Waals surface area contributed by atoms with Crippen molar-refractivity contribution in [1.82, 2.24) is 9.47 Å². The van der Waals surface area contributed by atoms with Crippen LogP contribution >= 0.6 is 0 Å². The Morgan fingerprint density at radius 1 is 1.06 bits per heavy atom. The van der Waals surface area contributed by atoms with Gasteiger partial charge in [0.1, 0.15) is 0 Å². The third kappa shape index (κ3) is 2.21. The largest absolute Gasteiger partial charge is 0.350 e. The molecule has 2 heterocycles. The first kappa shape index (κ1) is 11.5. The van der Waals surface area contributed by atoms with Crippen LogP contribution < -0.4 is 0 Å². The van der Waals surface area contributed by atoms with Gasteiger partial charge in [-0.05, 0) is 31.0 Å². The topological polar surface area (TPSA) is 8.17 Å². The van der Waals surface area contributed by atoms with Crippen LogP contribution in [0.1, 0.15) is 24.9 Å². The normalized spacial score (nSPS) is 24.5. The van der Waals surface area contributed by atoms with Gasteiger partial charge < -0.3 is 4.57 Å². The lowest BCUT2D eigenvalue weighted by Gasteiger charge is -2.25. The Kier molecular flexibility index (Phi) is 3.20. The van der Waals surface area contributed by atoms with Gasteiger partial charge in [-0.2, -0.15) is 0 Å². The van der Waals surface area contributed by atoms with E-state index in [0.717, 1.165) is 6.54 Å². The molecule has 0 N–H and O–H groups in total. The van der Waals surface area contributed by atoms with Gasteiger partial charge >= 0.3 is 0 Å². The van der Waals surface area contributed by atoms with Crippen LogP contribution in [0.2, 0.25) is 0 Å². The number of likely N-dealkylation sites (tertiary alicyclic amines) is 1. The van der Waals surface area contributed by atoms with Crippen LogP contribution in [0, 0.1) is 0 Å². The minimum absolute atomic E-state index is 0.609. The molecular formula is C16H20N2. The molecule has 1 aromatic heterocycles. The molecule has 18 heavy (non-hydrogen) atoms. The van der Waals surface area contributed by atoms with E-state index in [-0.39, 0.29) is 0 Å². The lowest BCUT2D eigenvalue weighted by molar-refractivity contribution is 0.234. The molecule has 0 bridgehead atoms. The molecule has 2 nitrogen and oxygen atoms in total. The minimum Gasteiger partial charge on any atom is -0.350 e. The van der Waals surface area contributed by atoms with E-state index in [1.165, 1.54) is 18.5 Å². The number of aromatic nitrogens is 1. The molecule has 0 spiro atoms. The van der Waals surface area contributed by atoms with Gasteiger partial charge in [-0.1, -0.05) is 30.3 Å². The van der Waals surface area contributed by atoms with Gasteiger partial charge in [-0.25, -0.2) is 0 Å². The van der Waals surface area contributed by atoms with Crippen molar-refractivity contribution in [2.75, 3.05) is 6.54 Å². The number of hydrogen-bond donors (Lipinski definition) is 0. The third-order valence-electron chi connectivity index (χ3n) is 4.08. The van der Waals surface area contributed by atoms with Crippen molar-refractivity contribution >= 4 is 0 Å². The molecule has 3 rings (SSSR count). The van der Waals surface area contributed by atoms with Crippen molar-refractivity contribution in [3.05, 3.63) is 60.4 Å². The van der Waals surface area contributed by atoms with Gasteiger partial charge in [0.15, 0.2) is 0 Å². The molecule has 1 aromatic carbocycles. The summed E-state index contributed by atoms with van der Waals surface area (Å²) in [5.41, 5.74) is 1.41. The van der Waals surface area contributed by atoms with Crippen LogP contribution in [0.4, 0.5) is 0 Å². The zero-order valence-corrected chi connectivity index (χ0v) is 10.9. The molecule has 2 atom stereocenters. The maximum absolute atomic E-state index is 2.58. The Labute approximate surface area is 109 Å². The van der Waals surface area contributed by atoms with Gasteiger partial charge in [0, 0.05) is 37.6 Å². The zero-order chi connectivity index (χ0) is 12.4. The first-order valence-electron chi connectivity index (χ1n) is 6.75. The zero-order valence-electron chi connectivity index (χ0n) is 10.9. The molecule has 1 aliphatic heterocycles. The van der Waals surface area contributed by atoms with Crippen molar-refractivity contribution in [2.24, 2.45) is 0 Å². The Balaban J connectivity index is 1.69. The predicted octanol–water partition coefficient (Wildman–Crippen LogP) is 3.32. The highest BCUT2D eigenvalue weighted by molar-refractivity contribution is 5.15. The monoisotopic (exact) mass is 240 g/mol. The summed E-state index contributed by atoms with van der Waals surface area (Å²) in [4.78, 5) is 2.58. The van der Waals surface area contributed by atoms with Gasteiger partial charge in [0.25, 0.3) is 0 Å². The maximum atomic E-state index is 2.58. The fraction of sp³-hybridized carbons (Fsp3) is 0.375. The summed E-state index contributed by atoms with van der Waals surface area (Å²) >= 11 is 0. The fourth-order valence-electron chi connectivity index (χ4n) is 2.99. The van der Waals surface area contributed by atoms with Crippen LogP contribution in [0.25, 0.3) is 0 Å². The Morgan fingerprint density at radius 3 is 2.50 bits per heavy atom. The van der Waals surface area contributed by atoms with Crippen molar-refractivity contribution in [1.29, 1.82) is 0 Å². The van der Waals surface area contributed by atoms with Gasteiger partial charge in [0.05, 0.1) is 0 Å². The summed E-state index contributed by atoms with van der Waals surface area (Å²) < 4.78 is 2.36. The summed E-state index contributed by atoms with van der Waals surface area (Å²) in [6, 6.07) is 16.2. The smallest absolute Gasteiger partial charge is 0.0495 e. The van der Waals surface area contributed by atoms with E-state index >= 15 is 0 Å². The highest BCUT2D eigenvalue weighted by Crippen LogP contribution is 2.29. The molecule has 0 amide bonds. The van der Waals surface area contributed by atoms with E-state index in [9.17, 15) is 0 Å². The van der Waals surface area contributed by atoms with Crippen molar-refractivity contribution in [3.8, 4) is 0 Å². The molecule has 1 fully saturated rings. The molecule has 0 saturated carbocycles. The van der Waals surface area contributed by atoms with Crippen LogP contribution in [0.15, 0.2) is 54.9 Å². The summed E-state index contributed by atoms with van der Waals surface area (Å²) in [5.74, 6) is 0. The average Bonchev–Trinajstić information content (AvgIpc) is 3.02. The Hall–Kier alpha value is -1.54. The fourth-order valence-corrected chi connectivity index (χ4v) is 2.99. The molecule has 2 heteroatoms. The summed E-state index contributed by atoms with van der Waals surface area (Å²) in [6.07, 6.45) is 5.63. The average molecular weight is 240 g/mol. The highest BCUT2D eigenvalue weighted by atomic mass is 15.2. The van der Waals surface area contributed by atoms with E-state index in [2.05, 4.69) is 71.2 Å². The van der Waals surface area contributed by atoms with Gasteiger partial charge in [0.2, 0.25) is 0 Å². The second-order valence-electron chi connectivity index (χ2n) is 5.18. The number of rotatable bonds is 3. The molecule has 0 aliphatic carbocycles. The maximum Gasteiger partial charge on any atom is 0.0495 e. The molecule has 2 unspecified atom stereocenters. The number of nitrogens with zero attached hydrogens (tertiary/aromatic N) is 2. The summed E-state index contributed by atoms with van der Waals surface area (Å²) in [6.45, 7) is 4.61. The van der Waals surface area contributed by atoms with E-state index < -0.39 is 0 Å². The van der Waals surface area contributed by atoms with Crippen molar-refractivity contribution in [3.63, 3.8) is 0 Å². The molecule has 1 saturated heterocycles.